The zero-order valence-electron chi connectivity index (χ0n) is 8.78. The molecule has 0 aromatic rings. The third-order valence-electron chi connectivity index (χ3n) is 1.70. The summed E-state index contributed by atoms with van der Waals surface area (Å²) in [7, 11) is 0. The van der Waals surface area contributed by atoms with Gasteiger partial charge in [-0.3, -0.25) is 9.63 Å². The number of rotatable bonds is 8. The number of aliphatic hydroxyl groups is 5. The number of carbonyl (C=O) groups excluding carboxylic acids is 1. The minimum atomic E-state index is -1.86. The first kappa shape index (κ1) is 15.4. The summed E-state index contributed by atoms with van der Waals surface area (Å²) in [5.41, 5.74) is 2.04. The van der Waals surface area contributed by atoms with Gasteiger partial charge in [-0.05, 0) is 6.92 Å². The Bertz CT molecular complexity index is 211. The third kappa shape index (κ3) is 5.47. The Morgan fingerprint density at radius 3 is 2.31 bits per heavy atom. The summed E-state index contributed by atoms with van der Waals surface area (Å²) in [6.07, 6.45) is -6.24. The molecule has 0 spiro atoms. The average Bonchev–Trinajstić information content (AvgIpc) is 2.25. The first-order valence-corrected chi connectivity index (χ1v) is 4.63. The van der Waals surface area contributed by atoms with Crippen LogP contribution in [0.1, 0.15) is 6.92 Å². The van der Waals surface area contributed by atoms with Crippen LogP contribution in [0.3, 0.4) is 0 Å². The Hall–Kier alpha value is -0.610. The van der Waals surface area contributed by atoms with Gasteiger partial charge in [0.1, 0.15) is 31.1 Å². The van der Waals surface area contributed by atoms with Crippen LogP contribution in [0, 0.1) is 0 Å². The summed E-state index contributed by atoms with van der Waals surface area (Å²) in [5, 5.41) is 44.5. The largest absolute Gasteiger partial charge is 0.394 e. The molecule has 6 N–H and O–H groups in total. The van der Waals surface area contributed by atoms with Crippen molar-refractivity contribution in [1.29, 1.82) is 0 Å². The molecule has 0 amide bonds. The van der Waals surface area contributed by atoms with Gasteiger partial charge in [0.25, 0.3) is 0 Å². The van der Waals surface area contributed by atoms with E-state index in [2.05, 4.69) is 4.84 Å². The summed E-state index contributed by atoms with van der Waals surface area (Å²) in [6, 6.07) is 0. The van der Waals surface area contributed by atoms with Gasteiger partial charge in [-0.25, -0.2) is 0 Å². The minimum Gasteiger partial charge on any atom is -0.394 e. The lowest BCUT2D eigenvalue weighted by Crippen LogP contribution is -2.45. The molecule has 0 aliphatic carbocycles. The van der Waals surface area contributed by atoms with Gasteiger partial charge in [0, 0.05) is 0 Å². The molecule has 1 unspecified atom stereocenters. The highest BCUT2D eigenvalue weighted by Crippen LogP contribution is 2.01. The van der Waals surface area contributed by atoms with E-state index in [-0.39, 0.29) is 0 Å². The smallest absolute Gasteiger partial charge is 0.191 e. The fraction of sp³-hybridized carbons (Fsp3) is 0.875. The van der Waals surface area contributed by atoms with Crippen LogP contribution in [0.2, 0.25) is 0 Å². The molecule has 0 rings (SSSR count). The molecular weight excluding hydrogens is 222 g/mol. The maximum Gasteiger partial charge on any atom is 0.191 e. The van der Waals surface area contributed by atoms with Crippen molar-refractivity contribution in [3.63, 3.8) is 0 Å². The van der Waals surface area contributed by atoms with E-state index in [0.29, 0.717) is 0 Å². The van der Waals surface area contributed by atoms with Crippen molar-refractivity contribution in [2.75, 3.05) is 13.2 Å². The Balaban J connectivity index is 3.98. The van der Waals surface area contributed by atoms with Gasteiger partial charge < -0.3 is 25.5 Å². The van der Waals surface area contributed by atoms with Crippen LogP contribution in [0.4, 0.5) is 0 Å². The minimum absolute atomic E-state index is 0.596. The van der Waals surface area contributed by atoms with Crippen LogP contribution in [0.25, 0.3) is 0 Å². The van der Waals surface area contributed by atoms with Crippen molar-refractivity contribution in [1.82, 2.24) is 5.48 Å². The van der Waals surface area contributed by atoms with Crippen LogP contribution in [0.5, 0.6) is 0 Å². The molecular formula is C8H17NO7. The van der Waals surface area contributed by atoms with Crippen LogP contribution in [0.15, 0.2) is 0 Å². The van der Waals surface area contributed by atoms with E-state index in [1.165, 1.54) is 6.92 Å². The Morgan fingerprint density at radius 1 is 1.31 bits per heavy atom. The summed E-state index contributed by atoms with van der Waals surface area (Å²) >= 11 is 0. The molecule has 0 aliphatic heterocycles. The van der Waals surface area contributed by atoms with Gasteiger partial charge in [-0.2, -0.15) is 5.48 Å². The van der Waals surface area contributed by atoms with Crippen LogP contribution < -0.4 is 5.48 Å². The van der Waals surface area contributed by atoms with Crippen molar-refractivity contribution in [3.8, 4) is 0 Å². The number of hydrogen-bond donors (Lipinski definition) is 6. The first-order valence-electron chi connectivity index (χ1n) is 4.63. The highest BCUT2D eigenvalue weighted by Gasteiger charge is 2.29. The molecule has 96 valence electrons. The highest BCUT2D eigenvalue weighted by atomic mass is 16.7. The lowest BCUT2D eigenvalue weighted by Gasteiger charge is -2.20. The van der Waals surface area contributed by atoms with E-state index < -0.39 is 43.5 Å². The number of aliphatic hydroxyl groups excluding tert-OH is 5. The molecule has 0 aromatic carbocycles. The number of carbonyl (C=O) groups is 1. The Labute approximate surface area is 92.0 Å². The van der Waals surface area contributed by atoms with Crippen molar-refractivity contribution >= 4 is 5.78 Å². The number of ketones is 1. The Kier molecular flexibility index (Phi) is 7.34. The molecule has 0 saturated heterocycles. The summed E-state index contributed by atoms with van der Waals surface area (Å²) in [6.45, 7) is -0.0230. The van der Waals surface area contributed by atoms with E-state index in [0.717, 1.165) is 0 Å². The highest BCUT2D eigenvalue weighted by molar-refractivity contribution is 5.84. The van der Waals surface area contributed by atoms with Gasteiger partial charge in [0.2, 0.25) is 0 Å². The first-order chi connectivity index (χ1) is 7.40. The van der Waals surface area contributed by atoms with Gasteiger partial charge in [0.05, 0.1) is 6.61 Å². The lowest BCUT2D eigenvalue weighted by molar-refractivity contribution is -0.150. The molecule has 8 heteroatoms. The van der Waals surface area contributed by atoms with Gasteiger partial charge in [-0.1, -0.05) is 0 Å². The fourth-order valence-corrected chi connectivity index (χ4v) is 0.828. The van der Waals surface area contributed by atoms with Crippen LogP contribution in [-0.4, -0.2) is 69.1 Å². The molecule has 16 heavy (non-hydrogen) atoms. The standard InChI is InChI=1S/C8H17NO7/c1-4(11)9-16-3-6(13)8(15)7(14)5(12)2-10/h4-5,7-12,14-15H,2-3H2,1H3/t4?,5-,7+,8+/m1/s1. The molecule has 0 aliphatic rings. The second-order valence-electron chi connectivity index (χ2n) is 3.23. The summed E-state index contributed by atoms with van der Waals surface area (Å²) in [5.74, 6) is -0.895. The van der Waals surface area contributed by atoms with Crippen LogP contribution >= 0.6 is 0 Å². The van der Waals surface area contributed by atoms with Crippen LogP contribution in [-0.2, 0) is 9.63 Å². The molecule has 8 nitrogen and oxygen atoms in total. The van der Waals surface area contributed by atoms with E-state index in [1.807, 2.05) is 5.48 Å². The number of hydrogen-bond acceptors (Lipinski definition) is 8. The number of Topliss-reactive ketones (excluding diaryl/α,β-unsaturated/α-hetero) is 1. The van der Waals surface area contributed by atoms with Crippen molar-refractivity contribution < 1.29 is 35.2 Å². The molecule has 0 heterocycles. The monoisotopic (exact) mass is 239 g/mol. The quantitative estimate of drug-likeness (QED) is 0.189. The molecule has 4 atom stereocenters. The zero-order valence-corrected chi connectivity index (χ0v) is 8.78. The van der Waals surface area contributed by atoms with E-state index in [4.69, 9.17) is 20.4 Å². The Morgan fingerprint density at radius 2 is 1.88 bits per heavy atom. The SMILES string of the molecule is CC(O)NOCC(=O)[C@H](O)[C@@H](O)[C@H](O)CO. The molecule has 0 bridgehead atoms. The summed E-state index contributed by atoms with van der Waals surface area (Å²) < 4.78 is 0. The van der Waals surface area contributed by atoms with Crippen molar-refractivity contribution in [3.05, 3.63) is 0 Å². The van der Waals surface area contributed by atoms with E-state index in [1.54, 1.807) is 0 Å². The fourth-order valence-electron chi connectivity index (χ4n) is 0.828. The number of nitrogens with one attached hydrogen (secondary N) is 1. The maximum absolute atomic E-state index is 11.1. The van der Waals surface area contributed by atoms with Crippen molar-refractivity contribution in [2.45, 2.75) is 31.5 Å². The van der Waals surface area contributed by atoms with Gasteiger partial charge in [-0.15, -0.1) is 0 Å². The predicted octanol–water partition coefficient (Wildman–Crippen LogP) is -3.51. The van der Waals surface area contributed by atoms with E-state index in [9.17, 15) is 9.90 Å². The lowest BCUT2D eigenvalue weighted by atomic mass is 10.1. The normalized spacial score (nSPS) is 18.9. The molecule has 0 radical (unpaired) electrons. The second-order valence-corrected chi connectivity index (χ2v) is 3.23. The average molecular weight is 239 g/mol. The molecule has 0 fully saturated rings. The summed E-state index contributed by atoms with van der Waals surface area (Å²) in [4.78, 5) is 15.6. The third-order valence-corrected chi connectivity index (χ3v) is 1.70. The van der Waals surface area contributed by atoms with Gasteiger partial charge in [0.15, 0.2) is 5.78 Å². The molecule has 0 saturated carbocycles. The topological polar surface area (TPSA) is 139 Å². The predicted molar refractivity (Wildman–Crippen MR) is 50.9 cm³/mol. The van der Waals surface area contributed by atoms with E-state index >= 15 is 0 Å². The zero-order chi connectivity index (χ0) is 12.7. The van der Waals surface area contributed by atoms with Crippen molar-refractivity contribution in [2.24, 2.45) is 0 Å². The molecule has 0 aromatic heterocycles. The van der Waals surface area contributed by atoms with Gasteiger partial charge >= 0.3 is 0 Å². The number of hydroxylamine groups is 1. The maximum atomic E-state index is 11.1. The second kappa shape index (κ2) is 7.63.